The third kappa shape index (κ3) is 5.43. The summed E-state index contributed by atoms with van der Waals surface area (Å²) < 4.78 is 5.30. The molecule has 0 bridgehead atoms. The third-order valence-corrected chi connectivity index (χ3v) is 5.99. The van der Waals surface area contributed by atoms with Crippen molar-refractivity contribution in [3.05, 3.63) is 24.3 Å². The number of carbonyl (C=O) groups is 1. The van der Waals surface area contributed by atoms with Gasteiger partial charge >= 0.3 is 0 Å². The first-order chi connectivity index (χ1) is 13.1. The molecule has 2 saturated heterocycles. The van der Waals surface area contributed by atoms with Crippen LogP contribution in [-0.2, 0) is 4.79 Å². The van der Waals surface area contributed by atoms with E-state index in [1.165, 1.54) is 32.6 Å². The number of methoxy groups -OCH3 is 1. The number of ether oxygens (including phenoxy) is 1. The Hall–Kier alpha value is -1.63. The van der Waals surface area contributed by atoms with E-state index in [1.807, 2.05) is 24.3 Å². The number of likely N-dealkylation sites (N-methyl/N-ethyl adjacent to an activating group) is 1. The Kier molecular flexibility index (Phi) is 7.10. The van der Waals surface area contributed by atoms with Crippen molar-refractivity contribution in [2.45, 2.75) is 25.8 Å². The molecule has 27 heavy (non-hydrogen) atoms. The molecule has 2 atom stereocenters. The fourth-order valence-corrected chi connectivity index (χ4v) is 4.34. The van der Waals surface area contributed by atoms with E-state index >= 15 is 0 Å². The molecule has 150 valence electrons. The number of hydrogen-bond donors (Lipinski definition) is 1. The topological polar surface area (TPSA) is 48.1 Å². The average molecular weight is 375 g/mol. The van der Waals surface area contributed by atoms with Gasteiger partial charge in [-0.1, -0.05) is 19.1 Å². The molecule has 1 aromatic rings. The van der Waals surface area contributed by atoms with Crippen LogP contribution in [0.2, 0.25) is 0 Å². The van der Waals surface area contributed by atoms with Gasteiger partial charge in [-0.2, -0.15) is 0 Å². The highest BCUT2D eigenvalue weighted by atomic mass is 16.5. The smallest absolute Gasteiger partial charge is 0.225 e. The first-order valence-corrected chi connectivity index (χ1v) is 10.1. The second kappa shape index (κ2) is 9.53. The van der Waals surface area contributed by atoms with Gasteiger partial charge < -0.3 is 19.9 Å². The van der Waals surface area contributed by atoms with E-state index in [0.29, 0.717) is 24.1 Å². The van der Waals surface area contributed by atoms with Gasteiger partial charge in [0.1, 0.15) is 5.75 Å². The first kappa shape index (κ1) is 20.1. The minimum absolute atomic E-state index is 0.0494. The number of carbonyl (C=O) groups excluding carboxylic acids is 1. The summed E-state index contributed by atoms with van der Waals surface area (Å²) in [4.78, 5) is 19.9. The van der Waals surface area contributed by atoms with Crippen LogP contribution >= 0.6 is 0 Å². The number of benzene rings is 1. The molecule has 1 aromatic carbocycles. The number of nitrogens with zero attached hydrogens (tertiary/aromatic N) is 3. The second-order valence-electron chi connectivity index (χ2n) is 7.97. The number of anilines is 1. The van der Waals surface area contributed by atoms with Crippen LogP contribution in [0.5, 0.6) is 5.75 Å². The van der Waals surface area contributed by atoms with E-state index in [9.17, 15) is 4.79 Å². The molecule has 1 amide bonds. The summed E-state index contributed by atoms with van der Waals surface area (Å²) >= 11 is 0. The van der Waals surface area contributed by atoms with Crippen molar-refractivity contribution in [3.8, 4) is 5.75 Å². The monoisotopic (exact) mass is 374 g/mol. The van der Waals surface area contributed by atoms with Crippen molar-refractivity contribution in [2.75, 3.05) is 65.3 Å². The molecule has 2 fully saturated rings. The Bertz CT molecular complexity index is 616. The molecule has 2 heterocycles. The van der Waals surface area contributed by atoms with Gasteiger partial charge in [0, 0.05) is 51.7 Å². The summed E-state index contributed by atoms with van der Waals surface area (Å²) in [6.45, 7) is 10.1. The molecule has 0 unspecified atom stereocenters. The maximum absolute atomic E-state index is 12.3. The molecule has 0 aromatic heterocycles. The van der Waals surface area contributed by atoms with E-state index in [0.717, 1.165) is 25.3 Å². The van der Waals surface area contributed by atoms with Gasteiger partial charge in [-0.25, -0.2) is 0 Å². The summed E-state index contributed by atoms with van der Waals surface area (Å²) in [5.41, 5.74) is 0.743. The van der Waals surface area contributed by atoms with Crippen LogP contribution in [-0.4, -0.2) is 86.6 Å². The Balaban J connectivity index is 1.42. The van der Waals surface area contributed by atoms with Crippen LogP contribution in [0.1, 0.15) is 19.8 Å². The highest BCUT2D eigenvalue weighted by molar-refractivity contribution is 5.92. The zero-order chi connectivity index (χ0) is 19.2. The fourth-order valence-electron chi connectivity index (χ4n) is 4.34. The largest absolute Gasteiger partial charge is 0.495 e. The normalized spacial score (nSPS) is 25.3. The van der Waals surface area contributed by atoms with Gasteiger partial charge in [0.05, 0.1) is 12.8 Å². The van der Waals surface area contributed by atoms with Gasteiger partial charge in [0.2, 0.25) is 5.91 Å². The molecular formula is C21H34N4O2. The highest BCUT2D eigenvalue weighted by Gasteiger charge is 2.31. The molecule has 6 heteroatoms. The van der Waals surface area contributed by atoms with E-state index in [4.69, 9.17) is 4.74 Å². The summed E-state index contributed by atoms with van der Waals surface area (Å²) in [6, 6.07) is 8.24. The van der Waals surface area contributed by atoms with Crippen LogP contribution < -0.4 is 10.1 Å². The number of rotatable bonds is 6. The molecule has 1 N–H and O–H groups in total. The van der Waals surface area contributed by atoms with E-state index < -0.39 is 0 Å². The summed E-state index contributed by atoms with van der Waals surface area (Å²) in [7, 11) is 3.83. The fraction of sp³-hybridized carbons (Fsp3) is 0.667. The molecule has 0 saturated carbocycles. The van der Waals surface area contributed by atoms with E-state index in [1.54, 1.807) is 7.11 Å². The Labute approximate surface area is 163 Å². The number of hydrogen-bond acceptors (Lipinski definition) is 5. The maximum atomic E-state index is 12.3. The molecule has 2 aliphatic heterocycles. The van der Waals surface area contributed by atoms with Crippen molar-refractivity contribution in [2.24, 2.45) is 5.92 Å². The Morgan fingerprint density at radius 1 is 1.19 bits per heavy atom. The van der Waals surface area contributed by atoms with Crippen LogP contribution in [0.3, 0.4) is 0 Å². The van der Waals surface area contributed by atoms with E-state index in [-0.39, 0.29) is 5.91 Å². The quantitative estimate of drug-likeness (QED) is 0.825. The molecule has 0 radical (unpaired) electrons. The summed E-state index contributed by atoms with van der Waals surface area (Å²) in [5, 5.41) is 2.97. The average Bonchev–Trinajstić information content (AvgIpc) is 2.68. The number of likely N-dealkylation sites (tertiary alicyclic amines) is 1. The van der Waals surface area contributed by atoms with Gasteiger partial charge in [-0.15, -0.1) is 0 Å². The molecular weight excluding hydrogens is 340 g/mol. The lowest BCUT2D eigenvalue weighted by atomic mass is 9.91. The third-order valence-electron chi connectivity index (χ3n) is 5.99. The second-order valence-corrected chi connectivity index (χ2v) is 7.97. The van der Waals surface area contributed by atoms with E-state index in [2.05, 4.69) is 34.0 Å². The van der Waals surface area contributed by atoms with Crippen molar-refractivity contribution in [3.63, 3.8) is 0 Å². The lowest BCUT2D eigenvalue weighted by Gasteiger charge is -2.45. The molecule has 0 aliphatic carbocycles. The van der Waals surface area contributed by atoms with Crippen LogP contribution in [0.4, 0.5) is 5.69 Å². The van der Waals surface area contributed by atoms with Crippen LogP contribution in [0.15, 0.2) is 24.3 Å². The van der Waals surface area contributed by atoms with Crippen LogP contribution in [0, 0.1) is 5.92 Å². The standard InChI is InChI=1S/C21H34N4O2/c1-17-16-24(10-8-19(17)25-14-12-23(2)13-15-25)11-9-21(26)22-18-6-4-5-7-20(18)27-3/h4-7,17,19H,8-16H2,1-3H3,(H,22,26)/t17-,19+/m1/s1. The SMILES string of the molecule is COc1ccccc1NC(=O)CCN1CC[C@H](N2CCN(C)CC2)[C@H](C)C1. The molecule has 2 aliphatic rings. The van der Waals surface area contributed by atoms with Crippen molar-refractivity contribution in [1.82, 2.24) is 14.7 Å². The predicted molar refractivity (Wildman–Crippen MR) is 109 cm³/mol. The minimum atomic E-state index is 0.0494. The van der Waals surface area contributed by atoms with Gasteiger partial charge in [-0.3, -0.25) is 9.69 Å². The van der Waals surface area contributed by atoms with Gasteiger partial charge in [0.15, 0.2) is 0 Å². The Morgan fingerprint density at radius 2 is 1.93 bits per heavy atom. The molecule has 3 rings (SSSR count). The zero-order valence-electron chi connectivity index (χ0n) is 17.0. The van der Waals surface area contributed by atoms with Crippen molar-refractivity contribution in [1.29, 1.82) is 0 Å². The first-order valence-electron chi connectivity index (χ1n) is 10.1. The summed E-state index contributed by atoms with van der Waals surface area (Å²) in [6.07, 6.45) is 1.73. The van der Waals surface area contributed by atoms with Crippen LogP contribution in [0.25, 0.3) is 0 Å². The lowest BCUT2D eigenvalue weighted by Crippen LogP contribution is -2.55. The minimum Gasteiger partial charge on any atom is -0.495 e. The zero-order valence-corrected chi connectivity index (χ0v) is 17.0. The number of nitrogens with one attached hydrogen (secondary N) is 1. The molecule has 0 spiro atoms. The summed E-state index contributed by atoms with van der Waals surface area (Å²) in [5.74, 6) is 1.40. The van der Waals surface area contributed by atoms with Crippen molar-refractivity contribution >= 4 is 11.6 Å². The number of para-hydroxylation sites is 2. The number of piperidine rings is 1. The number of amides is 1. The lowest BCUT2D eigenvalue weighted by molar-refractivity contribution is -0.116. The van der Waals surface area contributed by atoms with Gasteiger partial charge in [0.25, 0.3) is 0 Å². The maximum Gasteiger partial charge on any atom is 0.225 e. The predicted octanol–water partition coefficient (Wildman–Crippen LogP) is 1.98. The molecule has 6 nitrogen and oxygen atoms in total. The number of piperazine rings is 1. The highest BCUT2D eigenvalue weighted by Crippen LogP contribution is 2.25. The Morgan fingerprint density at radius 3 is 2.63 bits per heavy atom. The van der Waals surface area contributed by atoms with Gasteiger partial charge in [-0.05, 0) is 38.1 Å². The van der Waals surface area contributed by atoms with Crippen molar-refractivity contribution < 1.29 is 9.53 Å².